The maximum atomic E-state index is 13.0. The van der Waals surface area contributed by atoms with E-state index >= 15 is 0 Å². The number of anilines is 1. The number of aryl methyl sites for hydroxylation is 1. The molecule has 0 unspecified atom stereocenters. The molecule has 7 nitrogen and oxygen atoms in total. The van der Waals surface area contributed by atoms with Gasteiger partial charge in [0.2, 0.25) is 21.8 Å². The van der Waals surface area contributed by atoms with Gasteiger partial charge in [0, 0.05) is 38.2 Å². The molecule has 0 atom stereocenters. The van der Waals surface area contributed by atoms with E-state index in [2.05, 4.69) is 10.6 Å². The molecule has 176 valence electrons. The number of carbonyl (C=O) groups is 2. The summed E-state index contributed by atoms with van der Waals surface area (Å²) in [6, 6.07) is 4.73. The summed E-state index contributed by atoms with van der Waals surface area (Å²) in [5.74, 6) is 2.19. The van der Waals surface area contributed by atoms with Crippen molar-refractivity contribution < 1.29 is 18.0 Å². The molecule has 2 amide bonds. The van der Waals surface area contributed by atoms with Crippen molar-refractivity contribution in [3.8, 4) is 0 Å². The Labute approximate surface area is 191 Å². The molecule has 0 aromatic heterocycles. The molecule has 0 spiro atoms. The summed E-state index contributed by atoms with van der Waals surface area (Å²) in [7, 11) is -0.612. The van der Waals surface area contributed by atoms with Gasteiger partial charge >= 0.3 is 0 Å². The number of sulfonamides is 1. The molecule has 8 heteroatoms. The first-order valence-corrected chi connectivity index (χ1v) is 13.1. The third-order valence-corrected chi connectivity index (χ3v) is 9.46. The summed E-state index contributed by atoms with van der Waals surface area (Å²) in [6.45, 7) is 2.31. The zero-order chi connectivity index (χ0) is 23.1. The van der Waals surface area contributed by atoms with Gasteiger partial charge in [-0.1, -0.05) is 6.07 Å². The molecule has 5 rings (SSSR count). The molecule has 0 radical (unpaired) electrons. The molecule has 1 aromatic rings. The van der Waals surface area contributed by atoms with Crippen molar-refractivity contribution in [2.75, 3.05) is 26.0 Å². The number of hydrogen-bond donors (Lipinski definition) is 2. The fraction of sp³-hybridized carbons (Fsp3) is 0.667. The van der Waals surface area contributed by atoms with Crippen molar-refractivity contribution in [2.45, 2.75) is 63.2 Å². The molecule has 32 heavy (non-hydrogen) atoms. The van der Waals surface area contributed by atoms with Gasteiger partial charge in [-0.25, -0.2) is 12.7 Å². The zero-order valence-corrected chi connectivity index (χ0v) is 20.1. The maximum absolute atomic E-state index is 13.0. The van der Waals surface area contributed by atoms with Gasteiger partial charge in [0.25, 0.3) is 0 Å². The van der Waals surface area contributed by atoms with Gasteiger partial charge < -0.3 is 10.6 Å². The predicted molar refractivity (Wildman–Crippen MR) is 124 cm³/mol. The number of carbonyl (C=O) groups excluding carboxylic acids is 2. The number of nitrogens with zero attached hydrogens (tertiary/aromatic N) is 1. The lowest BCUT2D eigenvalue weighted by Gasteiger charge is -2.55. The zero-order valence-electron chi connectivity index (χ0n) is 19.3. The van der Waals surface area contributed by atoms with Crippen LogP contribution in [-0.4, -0.2) is 45.2 Å². The molecule has 0 heterocycles. The first-order valence-electron chi connectivity index (χ1n) is 11.7. The Morgan fingerprint density at radius 1 is 1.06 bits per heavy atom. The lowest BCUT2D eigenvalue weighted by atomic mass is 9.49. The average molecular weight is 462 g/mol. The summed E-state index contributed by atoms with van der Waals surface area (Å²) in [5, 5.41) is 5.93. The van der Waals surface area contributed by atoms with E-state index in [1.54, 1.807) is 12.1 Å². The summed E-state index contributed by atoms with van der Waals surface area (Å²) in [4.78, 5) is 25.6. The normalized spacial score (nSPS) is 28.7. The van der Waals surface area contributed by atoms with Crippen LogP contribution in [-0.2, 0) is 19.6 Å². The molecular weight excluding hydrogens is 426 g/mol. The van der Waals surface area contributed by atoms with Gasteiger partial charge in [0.15, 0.2) is 0 Å². The van der Waals surface area contributed by atoms with Crippen LogP contribution in [0.25, 0.3) is 0 Å². The fourth-order valence-electron chi connectivity index (χ4n) is 6.35. The predicted octanol–water partition coefficient (Wildman–Crippen LogP) is 3.30. The Morgan fingerprint density at radius 2 is 1.66 bits per heavy atom. The van der Waals surface area contributed by atoms with E-state index in [1.807, 2.05) is 6.92 Å². The first kappa shape index (κ1) is 23.2. The molecule has 0 aliphatic heterocycles. The van der Waals surface area contributed by atoms with Gasteiger partial charge in [-0.3, -0.25) is 9.59 Å². The van der Waals surface area contributed by atoms with Crippen LogP contribution < -0.4 is 10.6 Å². The molecule has 0 saturated heterocycles. The largest absolute Gasteiger partial charge is 0.356 e. The highest BCUT2D eigenvalue weighted by Crippen LogP contribution is 2.60. The number of amides is 2. The Balaban J connectivity index is 1.27. The van der Waals surface area contributed by atoms with Crippen molar-refractivity contribution in [2.24, 2.45) is 23.2 Å². The van der Waals surface area contributed by atoms with Crippen LogP contribution in [0.5, 0.6) is 0 Å². The lowest BCUT2D eigenvalue weighted by molar-refractivity contribution is -0.146. The quantitative estimate of drug-likeness (QED) is 0.581. The van der Waals surface area contributed by atoms with Gasteiger partial charge in [-0.15, -0.1) is 0 Å². The number of rotatable bonds is 8. The minimum absolute atomic E-state index is 0.145. The molecule has 4 aliphatic carbocycles. The second-order valence-electron chi connectivity index (χ2n) is 10.4. The van der Waals surface area contributed by atoms with Crippen LogP contribution in [0.1, 0.15) is 56.9 Å². The monoisotopic (exact) mass is 461 g/mol. The molecule has 4 bridgehead atoms. The van der Waals surface area contributed by atoms with Crippen LogP contribution >= 0.6 is 0 Å². The second kappa shape index (κ2) is 8.78. The third kappa shape index (κ3) is 4.57. The third-order valence-electron chi connectivity index (χ3n) is 7.65. The Hall–Kier alpha value is -1.93. The van der Waals surface area contributed by atoms with Crippen LogP contribution in [0.4, 0.5) is 5.69 Å². The average Bonchev–Trinajstić information content (AvgIpc) is 2.71. The van der Waals surface area contributed by atoms with Gasteiger partial charge in [0.05, 0.1) is 4.90 Å². The van der Waals surface area contributed by atoms with Crippen LogP contribution in [0.3, 0.4) is 0 Å². The lowest BCUT2D eigenvalue weighted by Crippen LogP contribution is -2.53. The van der Waals surface area contributed by atoms with Gasteiger partial charge in [-0.05, 0) is 87.3 Å². The van der Waals surface area contributed by atoms with E-state index in [1.165, 1.54) is 39.4 Å². The number of nitrogens with one attached hydrogen (secondary N) is 2. The summed E-state index contributed by atoms with van der Waals surface area (Å²) < 4.78 is 25.9. The Kier molecular flexibility index (Phi) is 6.38. The molecule has 4 aliphatic rings. The molecule has 4 saturated carbocycles. The molecule has 2 N–H and O–H groups in total. The minimum atomic E-state index is -3.57. The highest BCUT2D eigenvalue weighted by atomic mass is 32.2. The van der Waals surface area contributed by atoms with Gasteiger partial charge in [-0.2, -0.15) is 0 Å². The van der Waals surface area contributed by atoms with E-state index in [0.717, 1.165) is 46.9 Å². The summed E-state index contributed by atoms with van der Waals surface area (Å²) in [5.41, 5.74) is 1.13. The van der Waals surface area contributed by atoms with E-state index < -0.39 is 10.0 Å². The van der Waals surface area contributed by atoms with Crippen molar-refractivity contribution >= 4 is 27.5 Å². The van der Waals surface area contributed by atoms with E-state index in [-0.39, 0.29) is 28.5 Å². The Bertz CT molecular complexity index is 967. The number of hydrogen-bond acceptors (Lipinski definition) is 4. The molecular formula is C24H35N3O4S. The highest BCUT2D eigenvalue weighted by Gasteiger charge is 2.54. The van der Waals surface area contributed by atoms with Crippen LogP contribution in [0.15, 0.2) is 23.1 Å². The second-order valence-corrected chi connectivity index (χ2v) is 12.5. The maximum Gasteiger partial charge on any atom is 0.242 e. The van der Waals surface area contributed by atoms with Gasteiger partial charge in [0.1, 0.15) is 0 Å². The number of benzene rings is 1. The fourth-order valence-corrected chi connectivity index (χ4v) is 7.28. The van der Waals surface area contributed by atoms with Crippen molar-refractivity contribution in [1.82, 2.24) is 9.62 Å². The topological polar surface area (TPSA) is 95.6 Å². The van der Waals surface area contributed by atoms with Crippen molar-refractivity contribution in [3.63, 3.8) is 0 Å². The first-order chi connectivity index (χ1) is 15.1. The SMILES string of the molecule is Cc1ccc(S(=O)(=O)N(C)C)cc1NC(=O)CCCNC(=O)C12CC3CC(CC(C3)C1)C2. The molecule has 4 fully saturated rings. The smallest absolute Gasteiger partial charge is 0.242 e. The molecule has 1 aromatic carbocycles. The van der Waals surface area contributed by atoms with Crippen LogP contribution in [0, 0.1) is 30.1 Å². The summed E-state index contributed by atoms with van der Waals surface area (Å²) >= 11 is 0. The minimum Gasteiger partial charge on any atom is -0.356 e. The standard InChI is InChI=1S/C24H35N3O4S/c1-16-6-7-20(32(30,31)27(2)3)12-21(16)26-22(28)5-4-8-25-23(29)24-13-17-9-18(14-24)11-19(10-17)15-24/h6-7,12,17-19H,4-5,8-11,13-15H2,1-3H3,(H,25,29)(H,26,28). The van der Waals surface area contributed by atoms with Crippen molar-refractivity contribution in [3.05, 3.63) is 23.8 Å². The van der Waals surface area contributed by atoms with E-state index in [4.69, 9.17) is 0 Å². The van der Waals surface area contributed by atoms with Crippen LogP contribution in [0.2, 0.25) is 0 Å². The van der Waals surface area contributed by atoms with E-state index in [0.29, 0.717) is 18.7 Å². The Morgan fingerprint density at radius 3 is 2.22 bits per heavy atom. The van der Waals surface area contributed by atoms with E-state index in [9.17, 15) is 18.0 Å². The van der Waals surface area contributed by atoms with Crippen molar-refractivity contribution in [1.29, 1.82) is 0 Å². The highest BCUT2D eigenvalue weighted by molar-refractivity contribution is 7.89. The summed E-state index contributed by atoms with van der Waals surface area (Å²) in [6.07, 6.45) is 7.86.